The maximum absolute atomic E-state index is 13.7. The number of H-pyrrole nitrogens is 1. The third-order valence-electron chi connectivity index (χ3n) is 9.06. The fourth-order valence-electron chi connectivity index (χ4n) is 5.97. The number of aliphatic hydroxyl groups excluding tert-OH is 2. The van der Waals surface area contributed by atoms with Crippen molar-refractivity contribution < 1.29 is 42.6 Å². The zero-order valence-corrected chi connectivity index (χ0v) is 32.2. The molecule has 1 aliphatic rings. The number of phosphoric acid groups is 1. The van der Waals surface area contributed by atoms with Crippen molar-refractivity contribution in [3.8, 4) is 0 Å². The second kappa shape index (κ2) is 25.8. The molecule has 2 rings (SSSR count). The van der Waals surface area contributed by atoms with Gasteiger partial charge in [0, 0.05) is 11.9 Å². The molecule has 1 fully saturated rings. The van der Waals surface area contributed by atoms with Gasteiger partial charge in [0.05, 0.1) is 25.5 Å². The highest BCUT2D eigenvalue weighted by molar-refractivity contribution is 7.99. The van der Waals surface area contributed by atoms with Crippen molar-refractivity contribution >= 4 is 19.6 Å². The van der Waals surface area contributed by atoms with Crippen LogP contribution in [0.1, 0.15) is 143 Å². The normalized spacial score (nSPS) is 21.7. The fourth-order valence-corrected chi connectivity index (χ4v) is 8.10. The molecule has 0 amide bonds. The molecule has 292 valence electrons. The number of aliphatic hydroxyl groups is 2. The summed E-state index contributed by atoms with van der Waals surface area (Å²) in [6.07, 6.45) is 16.5. The Morgan fingerprint density at radius 2 is 1.46 bits per heavy atom. The standard InChI is InChI=1S/C35H64FN2O10PS/c1-4-6-8-10-11-12-13-14-15-17-19-24-50-30(21-18-16-9-7-5-2)27(3)45-22-20-23-46-49(43,44)47-26-29-31(39)32(40)34(48-29)38-25-28(36)33(41)37-35(38)42/h25,27,29-32,34,39-40H,4-24,26H2,1-3H3,(H,43,44)(H,37,41,42)/t27?,29-,30?,31-,32-,34-/m1/s1. The largest absolute Gasteiger partial charge is 0.472 e. The Kier molecular flexibility index (Phi) is 23.3. The molecule has 1 saturated heterocycles. The van der Waals surface area contributed by atoms with E-state index in [-0.39, 0.29) is 12.7 Å². The number of aromatic amines is 1. The van der Waals surface area contributed by atoms with Gasteiger partial charge < -0.3 is 24.6 Å². The Balaban J connectivity index is 1.68. The number of nitrogens with one attached hydrogen (secondary N) is 1. The van der Waals surface area contributed by atoms with Gasteiger partial charge in [0.1, 0.15) is 18.3 Å². The summed E-state index contributed by atoms with van der Waals surface area (Å²) < 4.78 is 48.3. The first-order valence-electron chi connectivity index (χ1n) is 18.9. The van der Waals surface area contributed by atoms with Gasteiger partial charge in [0.2, 0.25) is 5.82 Å². The highest BCUT2D eigenvalue weighted by Crippen LogP contribution is 2.44. The Labute approximate surface area is 301 Å². The predicted octanol–water partition coefficient (Wildman–Crippen LogP) is 7.00. The van der Waals surface area contributed by atoms with Gasteiger partial charge in [-0.05, 0) is 31.9 Å². The van der Waals surface area contributed by atoms with E-state index in [9.17, 15) is 33.7 Å². The first-order valence-corrected chi connectivity index (χ1v) is 21.4. The van der Waals surface area contributed by atoms with Crippen LogP contribution in [-0.4, -0.2) is 79.9 Å². The number of halogens is 1. The Bertz CT molecular complexity index is 1210. The van der Waals surface area contributed by atoms with Crippen molar-refractivity contribution in [1.29, 1.82) is 0 Å². The lowest BCUT2D eigenvalue weighted by atomic mass is 10.1. The van der Waals surface area contributed by atoms with E-state index in [2.05, 4.69) is 20.8 Å². The van der Waals surface area contributed by atoms with E-state index < -0.39 is 56.0 Å². The van der Waals surface area contributed by atoms with E-state index in [0.29, 0.717) is 29.0 Å². The van der Waals surface area contributed by atoms with E-state index in [0.717, 1.165) is 12.2 Å². The third kappa shape index (κ3) is 17.6. The Morgan fingerprint density at radius 1 is 0.880 bits per heavy atom. The molecule has 3 unspecified atom stereocenters. The van der Waals surface area contributed by atoms with Crippen LogP contribution in [0.25, 0.3) is 0 Å². The fraction of sp³-hybridized carbons (Fsp3) is 0.886. The minimum absolute atomic E-state index is 0.0277. The number of hydrogen-bond acceptors (Lipinski definition) is 10. The molecule has 0 aromatic carbocycles. The lowest BCUT2D eigenvalue weighted by molar-refractivity contribution is -0.0557. The van der Waals surface area contributed by atoms with Crippen molar-refractivity contribution in [2.24, 2.45) is 0 Å². The highest BCUT2D eigenvalue weighted by atomic mass is 32.2. The molecular formula is C35H64FN2O10PS. The van der Waals surface area contributed by atoms with E-state index in [1.807, 2.05) is 11.8 Å². The summed E-state index contributed by atoms with van der Waals surface area (Å²) in [4.78, 5) is 35.2. The molecule has 0 spiro atoms. The molecule has 50 heavy (non-hydrogen) atoms. The van der Waals surface area contributed by atoms with Crippen LogP contribution in [0.4, 0.5) is 4.39 Å². The van der Waals surface area contributed by atoms with Gasteiger partial charge >= 0.3 is 13.5 Å². The number of aromatic nitrogens is 2. The van der Waals surface area contributed by atoms with Crippen LogP contribution in [0.2, 0.25) is 0 Å². The summed E-state index contributed by atoms with van der Waals surface area (Å²) >= 11 is 2.00. The zero-order chi connectivity index (χ0) is 36.8. The van der Waals surface area contributed by atoms with E-state index in [1.165, 1.54) is 103 Å². The van der Waals surface area contributed by atoms with Crippen molar-refractivity contribution in [3.05, 3.63) is 32.9 Å². The minimum atomic E-state index is -4.56. The van der Waals surface area contributed by atoms with Crippen LogP contribution < -0.4 is 11.2 Å². The molecule has 0 radical (unpaired) electrons. The maximum Gasteiger partial charge on any atom is 0.472 e. The molecule has 0 bridgehead atoms. The maximum atomic E-state index is 13.7. The van der Waals surface area contributed by atoms with Crippen LogP contribution >= 0.6 is 19.6 Å². The Hall–Kier alpha value is -1.09. The van der Waals surface area contributed by atoms with Gasteiger partial charge in [-0.1, -0.05) is 110 Å². The number of unbranched alkanes of at least 4 members (excludes halogenated alkanes) is 14. The van der Waals surface area contributed by atoms with Crippen molar-refractivity contribution in [1.82, 2.24) is 9.55 Å². The van der Waals surface area contributed by atoms with Crippen LogP contribution in [-0.2, 0) is 23.1 Å². The van der Waals surface area contributed by atoms with Gasteiger partial charge in [-0.15, -0.1) is 0 Å². The molecule has 0 saturated carbocycles. The van der Waals surface area contributed by atoms with Gasteiger partial charge in [-0.25, -0.2) is 9.36 Å². The highest BCUT2D eigenvalue weighted by Gasteiger charge is 2.45. The molecule has 7 atom stereocenters. The summed E-state index contributed by atoms with van der Waals surface area (Å²) in [5.41, 5.74) is -2.31. The first-order chi connectivity index (χ1) is 24.0. The number of hydrogen-bond donors (Lipinski definition) is 4. The lowest BCUT2D eigenvalue weighted by Gasteiger charge is -2.24. The Morgan fingerprint density at radius 3 is 2.08 bits per heavy atom. The summed E-state index contributed by atoms with van der Waals surface area (Å²) in [6, 6.07) is 0. The molecule has 4 N–H and O–H groups in total. The quantitative estimate of drug-likeness (QED) is 0.0471. The monoisotopic (exact) mass is 754 g/mol. The van der Waals surface area contributed by atoms with Crippen molar-refractivity contribution in [2.45, 2.75) is 172 Å². The van der Waals surface area contributed by atoms with Crippen LogP contribution in [0.5, 0.6) is 0 Å². The summed E-state index contributed by atoms with van der Waals surface area (Å²) in [7, 11) is -4.56. The minimum Gasteiger partial charge on any atom is -0.387 e. The molecule has 2 heterocycles. The van der Waals surface area contributed by atoms with Gasteiger partial charge in [0.25, 0.3) is 5.56 Å². The molecule has 1 aromatic rings. The number of thioether (sulfide) groups is 1. The summed E-state index contributed by atoms with van der Waals surface area (Å²) in [5.74, 6) is -0.175. The molecular weight excluding hydrogens is 690 g/mol. The smallest absolute Gasteiger partial charge is 0.387 e. The summed E-state index contributed by atoms with van der Waals surface area (Å²) in [6.45, 7) is 6.14. The molecule has 1 aromatic heterocycles. The first kappa shape index (κ1) is 45.1. The third-order valence-corrected chi connectivity index (χ3v) is 11.6. The topological polar surface area (TPSA) is 170 Å². The molecule has 1 aliphatic heterocycles. The second-order valence-electron chi connectivity index (χ2n) is 13.4. The SMILES string of the molecule is CCCCCCCCCCCCCSC(CCCCCCC)C(C)OCCCOP(=O)(O)OC[C@H]1O[C@@H](n2cc(F)c(=O)[nH]c2=O)[C@H](O)[C@@H]1O. The van der Waals surface area contributed by atoms with E-state index >= 15 is 0 Å². The molecule has 0 aliphatic carbocycles. The van der Waals surface area contributed by atoms with Gasteiger partial charge in [0.15, 0.2) is 6.23 Å². The average Bonchev–Trinajstić information content (AvgIpc) is 3.36. The van der Waals surface area contributed by atoms with Gasteiger partial charge in [-0.2, -0.15) is 16.2 Å². The van der Waals surface area contributed by atoms with E-state index in [4.69, 9.17) is 18.5 Å². The van der Waals surface area contributed by atoms with Crippen LogP contribution in [0, 0.1) is 5.82 Å². The van der Waals surface area contributed by atoms with Crippen molar-refractivity contribution in [3.63, 3.8) is 0 Å². The van der Waals surface area contributed by atoms with E-state index in [1.54, 1.807) is 4.98 Å². The molecule has 12 nitrogen and oxygen atoms in total. The number of ether oxygens (including phenoxy) is 2. The number of phosphoric ester groups is 1. The van der Waals surface area contributed by atoms with Gasteiger partial charge in [-0.3, -0.25) is 23.4 Å². The molecule has 15 heteroatoms. The average molecular weight is 755 g/mol. The number of rotatable bonds is 30. The van der Waals surface area contributed by atoms with Crippen LogP contribution in [0.15, 0.2) is 15.8 Å². The summed E-state index contributed by atoms with van der Waals surface area (Å²) in [5, 5.41) is 21.0. The van der Waals surface area contributed by atoms with Crippen molar-refractivity contribution in [2.75, 3.05) is 25.6 Å². The lowest BCUT2D eigenvalue weighted by Crippen LogP contribution is -2.38. The predicted molar refractivity (Wildman–Crippen MR) is 195 cm³/mol. The second-order valence-corrected chi connectivity index (χ2v) is 16.2. The van der Waals surface area contributed by atoms with Crippen LogP contribution in [0.3, 0.4) is 0 Å². The number of nitrogens with zero attached hydrogens (tertiary/aromatic N) is 1. The zero-order valence-electron chi connectivity index (χ0n) is 30.5.